The summed E-state index contributed by atoms with van der Waals surface area (Å²) >= 11 is 0. The Hall–Kier alpha value is -2.15. The number of likely N-dealkylation sites (N-methyl/N-ethyl adjacent to an activating group) is 1. The maximum absolute atomic E-state index is 12.3. The number of likely N-dealkylation sites (tertiary alicyclic amines) is 1. The molecule has 1 aliphatic rings. The Kier molecular flexibility index (Phi) is 6.00. The molecule has 0 spiro atoms. The number of amides is 1. The van der Waals surface area contributed by atoms with Crippen molar-refractivity contribution in [1.82, 2.24) is 14.8 Å². The number of piperidine rings is 1. The fraction of sp³-hybridized carbons (Fsp3) is 0.611. The Morgan fingerprint density at radius 2 is 2.16 bits per heavy atom. The molecule has 0 radical (unpaired) electrons. The molecule has 1 atom stereocenters. The van der Waals surface area contributed by atoms with Crippen LogP contribution in [0, 0.1) is 0 Å². The molecule has 0 saturated carbocycles. The smallest absolute Gasteiger partial charge is 0.410 e. The lowest BCUT2D eigenvalue weighted by molar-refractivity contribution is 0.0129. The average molecular weight is 349 g/mol. The number of rotatable bonds is 4. The highest BCUT2D eigenvalue weighted by molar-refractivity contribution is 5.85. The Morgan fingerprint density at radius 3 is 2.80 bits per heavy atom. The van der Waals surface area contributed by atoms with E-state index in [-0.39, 0.29) is 17.8 Å². The van der Waals surface area contributed by atoms with Crippen LogP contribution in [0.3, 0.4) is 0 Å². The summed E-state index contributed by atoms with van der Waals surface area (Å²) in [6.45, 7) is 7.87. The van der Waals surface area contributed by atoms with E-state index in [2.05, 4.69) is 9.88 Å². The standard InChI is InChI=1S/C18H27N3O4/c1-18(2,3)25-17(24)20(4)14-6-5-9-21(12-14)11-13-7-8-19-15(10-13)16(22)23/h7-8,10,14H,5-6,9,11-12H2,1-4H3,(H,22,23)/t14-/m1/s1. The van der Waals surface area contributed by atoms with Crippen molar-refractivity contribution in [2.45, 2.75) is 51.8 Å². The molecule has 1 aliphatic heterocycles. The van der Waals surface area contributed by atoms with Crippen LogP contribution in [0.25, 0.3) is 0 Å². The summed E-state index contributed by atoms with van der Waals surface area (Å²) in [7, 11) is 1.78. The molecule has 138 valence electrons. The number of carboxylic acids is 1. The highest BCUT2D eigenvalue weighted by atomic mass is 16.6. The lowest BCUT2D eigenvalue weighted by Crippen LogP contribution is -2.49. The molecule has 1 N–H and O–H groups in total. The van der Waals surface area contributed by atoms with Crippen molar-refractivity contribution in [2.75, 3.05) is 20.1 Å². The van der Waals surface area contributed by atoms with E-state index in [9.17, 15) is 9.59 Å². The first-order valence-electron chi connectivity index (χ1n) is 8.52. The first kappa shape index (κ1) is 19.2. The quantitative estimate of drug-likeness (QED) is 0.900. The summed E-state index contributed by atoms with van der Waals surface area (Å²) < 4.78 is 5.44. The van der Waals surface area contributed by atoms with Crippen molar-refractivity contribution in [3.8, 4) is 0 Å². The molecule has 0 bridgehead atoms. The molecular weight excluding hydrogens is 322 g/mol. The molecule has 1 aromatic heterocycles. The molecule has 0 aliphatic carbocycles. The van der Waals surface area contributed by atoms with E-state index < -0.39 is 11.6 Å². The Bertz CT molecular complexity index is 627. The first-order valence-corrected chi connectivity index (χ1v) is 8.52. The largest absolute Gasteiger partial charge is 0.477 e. The second kappa shape index (κ2) is 7.82. The van der Waals surface area contributed by atoms with Crippen molar-refractivity contribution < 1.29 is 19.4 Å². The van der Waals surface area contributed by atoms with Gasteiger partial charge in [0.2, 0.25) is 0 Å². The zero-order valence-corrected chi connectivity index (χ0v) is 15.4. The van der Waals surface area contributed by atoms with Gasteiger partial charge in [0.1, 0.15) is 11.3 Å². The Morgan fingerprint density at radius 1 is 1.44 bits per heavy atom. The molecule has 0 unspecified atom stereocenters. The van der Waals surface area contributed by atoms with Gasteiger partial charge in [0.15, 0.2) is 0 Å². The van der Waals surface area contributed by atoms with Crippen molar-refractivity contribution in [2.24, 2.45) is 0 Å². The number of carboxylic acid groups (broad SMARTS) is 1. The predicted octanol–water partition coefficient (Wildman–Crippen LogP) is 2.61. The second-order valence-electron chi connectivity index (χ2n) is 7.48. The molecular formula is C18H27N3O4. The minimum absolute atomic E-state index is 0.0527. The summed E-state index contributed by atoms with van der Waals surface area (Å²) in [6, 6.07) is 3.52. The monoisotopic (exact) mass is 349 g/mol. The average Bonchev–Trinajstić information content (AvgIpc) is 2.53. The van der Waals surface area contributed by atoms with Gasteiger partial charge in [-0.15, -0.1) is 0 Å². The summed E-state index contributed by atoms with van der Waals surface area (Å²) in [5, 5.41) is 9.05. The van der Waals surface area contributed by atoms with Gasteiger partial charge in [-0.2, -0.15) is 0 Å². The van der Waals surface area contributed by atoms with Crippen LogP contribution in [0.4, 0.5) is 4.79 Å². The zero-order valence-electron chi connectivity index (χ0n) is 15.4. The van der Waals surface area contributed by atoms with Crippen molar-refractivity contribution >= 4 is 12.1 Å². The zero-order chi connectivity index (χ0) is 18.6. The first-order chi connectivity index (χ1) is 11.7. The molecule has 2 heterocycles. The molecule has 1 fully saturated rings. The van der Waals surface area contributed by atoms with Crippen LogP contribution in [0.15, 0.2) is 18.3 Å². The van der Waals surface area contributed by atoms with Crippen molar-refractivity contribution in [3.05, 3.63) is 29.6 Å². The van der Waals surface area contributed by atoms with E-state index in [1.807, 2.05) is 26.8 Å². The summed E-state index contributed by atoms with van der Waals surface area (Å²) in [5.41, 5.74) is 0.453. The molecule has 0 aromatic carbocycles. The van der Waals surface area contributed by atoms with Crippen LogP contribution >= 0.6 is 0 Å². The van der Waals surface area contributed by atoms with Crippen LogP contribution < -0.4 is 0 Å². The number of carbonyl (C=O) groups is 2. The van der Waals surface area contributed by atoms with Crippen molar-refractivity contribution in [1.29, 1.82) is 0 Å². The van der Waals surface area contributed by atoms with Gasteiger partial charge in [0, 0.05) is 32.4 Å². The number of hydrogen-bond donors (Lipinski definition) is 1. The van der Waals surface area contributed by atoms with Gasteiger partial charge in [0.25, 0.3) is 0 Å². The molecule has 1 amide bonds. The number of aromatic nitrogens is 1. The molecule has 2 rings (SSSR count). The van der Waals surface area contributed by atoms with E-state index in [0.717, 1.165) is 31.5 Å². The molecule has 7 nitrogen and oxygen atoms in total. The number of ether oxygens (including phenoxy) is 1. The lowest BCUT2D eigenvalue weighted by atomic mass is 10.0. The van der Waals surface area contributed by atoms with Crippen LogP contribution in [0.1, 0.15) is 49.7 Å². The predicted molar refractivity (Wildman–Crippen MR) is 93.5 cm³/mol. The van der Waals surface area contributed by atoms with Gasteiger partial charge < -0.3 is 14.7 Å². The number of carbonyl (C=O) groups excluding carboxylic acids is 1. The second-order valence-corrected chi connectivity index (χ2v) is 7.48. The minimum Gasteiger partial charge on any atom is -0.477 e. The fourth-order valence-electron chi connectivity index (χ4n) is 2.92. The number of aromatic carboxylic acids is 1. The van der Waals surface area contributed by atoms with E-state index in [1.54, 1.807) is 18.0 Å². The van der Waals surface area contributed by atoms with Gasteiger partial charge in [0.05, 0.1) is 0 Å². The normalized spacial score (nSPS) is 18.6. The lowest BCUT2D eigenvalue weighted by Gasteiger charge is -2.38. The fourth-order valence-corrected chi connectivity index (χ4v) is 2.92. The van der Waals surface area contributed by atoms with Gasteiger partial charge in [-0.05, 0) is 57.9 Å². The Balaban J connectivity index is 1.97. The highest BCUT2D eigenvalue weighted by Crippen LogP contribution is 2.19. The van der Waals surface area contributed by atoms with Crippen molar-refractivity contribution in [3.63, 3.8) is 0 Å². The van der Waals surface area contributed by atoms with Gasteiger partial charge in [-0.3, -0.25) is 4.90 Å². The molecule has 25 heavy (non-hydrogen) atoms. The summed E-state index contributed by atoms with van der Waals surface area (Å²) in [5.74, 6) is -1.02. The van der Waals surface area contributed by atoms with Gasteiger partial charge in [-0.25, -0.2) is 14.6 Å². The minimum atomic E-state index is -1.02. The van der Waals surface area contributed by atoms with Gasteiger partial charge in [-0.1, -0.05) is 0 Å². The molecule has 1 saturated heterocycles. The number of hydrogen-bond acceptors (Lipinski definition) is 5. The van der Waals surface area contributed by atoms with E-state index in [0.29, 0.717) is 6.54 Å². The maximum atomic E-state index is 12.3. The van der Waals surface area contributed by atoms with Crippen LogP contribution in [-0.4, -0.2) is 63.7 Å². The van der Waals surface area contributed by atoms with E-state index in [1.165, 1.54) is 6.20 Å². The third-order valence-electron chi connectivity index (χ3n) is 4.16. The topological polar surface area (TPSA) is 83.0 Å². The number of pyridine rings is 1. The van der Waals surface area contributed by atoms with E-state index in [4.69, 9.17) is 9.84 Å². The third-order valence-corrected chi connectivity index (χ3v) is 4.16. The molecule has 1 aromatic rings. The SMILES string of the molecule is CN(C(=O)OC(C)(C)C)[C@@H]1CCCN(Cc2ccnc(C(=O)O)c2)C1. The highest BCUT2D eigenvalue weighted by Gasteiger charge is 2.29. The maximum Gasteiger partial charge on any atom is 0.410 e. The summed E-state index contributed by atoms with van der Waals surface area (Å²) in [6.07, 6.45) is 3.13. The molecule has 7 heteroatoms. The summed E-state index contributed by atoms with van der Waals surface area (Å²) in [4.78, 5) is 31.0. The van der Waals surface area contributed by atoms with Crippen LogP contribution in [0.5, 0.6) is 0 Å². The van der Waals surface area contributed by atoms with Crippen LogP contribution in [-0.2, 0) is 11.3 Å². The third kappa shape index (κ3) is 5.70. The van der Waals surface area contributed by atoms with Gasteiger partial charge >= 0.3 is 12.1 Å². The number of nitrogens with zero attached hydrogens (tertiary/aromatic N) is 3. The Labute approximate surface area is 148 Å². The van der Waals surface area contributed by atoms with Crippen LogP contribution in [0.2, 0.25) is 0 Å². The van der Waals surface area contributed by atoms with E-state index >= 15 is 0 Å².